The fourth-order valence-electron chi connectivity index (χ4n) is 4.77. The number of nitrogens with zero attached hydrogens (tertiary/aromatic N) is 3. The van der Waals surface area contributed by atoms with E-state index in [2.05, 4.69) is 42.2 Å². The molecule has 1 amide bonds. The highest BCUT2D eigenvalue weighted by atomic mass is 19.1. The predicted molar refractivity (Wildman–Crippen MR) is 119 cm³/mol. The molecule has 0 bridgehead atoms. The first-order chi connectivity index (χ1) is 14.6. The molecule has 2 fully saturated rings. The van der Waals surface area contributed by atoms with Gasteiger partial charge in [-0.2, -0.15) is 0 Å². The molecule has 2 heterocycles. The first-order valence-corrected chi connectivity index (χ1v) is 11.2. The Balaban J connectivity index is 1.23. The maximum Gasteiger partial charge on any atom is 0.225 e. The summed E-state index contributed by atoms with van der Waals surface area (Å²) in [6.07, 6.45) is 1.88. The SMILES string of the molecule is CC(CN1CCC(C(=O)N2CCN(c3ccccc3F)CC2)CC1)c1ccccc1. The van der Waals surface area contributed by atoms with Gasteiger partial charge in [0.2, 0.25) is 5.91 Å². The van der Waals surface area contributed by atoms with Crippen molar-refractivity contribution >= 4 is 11.6 Å². The van der Waals surface area contributed by atoms with Crippen LogP contribution in [-0.2, 0) is 4.79 Å². The van der Waals surface area contributed by atoms with Crippen molar-refractivity contribution in [2.24, 2.45) is 5.92 Å². The third-order valence-electron chi connectivity index (χ3n) is 6.62. The van der Waals surface area contributed by atoms with Crippen molar-refractivity contribution in [1.82, 2.24) is 9.80 Å². The molecule has 4 nitrogen and oxygen atoms in total. The predicted octanol–water partition coefficient (Wildman–Crippen LogP) is 3.99. The van der Waals surface area contributed by atoms with Crippen LogP contribution in [0, 0.1) is 11.7 Å². The number of carbonyl (C=O) groups excluding carboxylic acids is 1. The minimum atomic E-state index is -0.186. The second-order valence-electron chi connectivity index (χ2n) is 8.65. The fraction of sp³-hybridized carbons (Fsp3) is 0.480. The van der Waals surface area contributed by atoms with Crippen LogP contribution in [0.5, 0.6) is 0 Å². The van der Waals surface area contributed by atoms with Gasteiger partial charge >= 0.3 is 0 Å². The monoisotopic (exact) mass is 409 g/mol. The average molecular weight is 410 g/mol. The van der Waals surface area contributed by atoms with Crippen LogP contribution in [0.25, 0.3) is 0 Å². The number of halogens is 1. The van der Waals surface area contributed by atoms with Gasteiger partial charge in [-0.3, -0.25) is 4.79 Å². The molecule has 30 heavy (non-hydrogen) atoms. The maximum atomic E-state index is 14.0. The number of likely N-dealkylation sites (tertiary alicyclic amines) is 1. The molecule has 1 atom stereocenters. The number of anilines is 1. The lowest BCUT2D eigenvalue weighted by atomic mass is 9.93. The zero-order valence-electron chi connectivity index (χ0n) is 17.8. The topological polar surface area (TPSA) is 26.8 Å². The molecule has 5 heteroatoms. The van der Waals surface area contributed by atoms with E-state index >= 15 is 0 Å². The standard InChI is InChI=1S/C25H32FN3O/c1-20(21-7-3-2-4-8-21)19-27-13-11-22(12-14-27)25(30)29-17-15-28(16-18-29)24-10-6-5-9-23(24)26/h2-10,20,22H,11-19H2,1H3. The number of hydrogen-bond donors (Lipinski definition) is 0. The van der Waals surface area contributed by atoms with Crippen LogP contribution in [0.3, 0.4) is 0 Å². The first kappa shape index (κ1) is 20.9. The summed E-state index contributed by atoms with van der Waals surface area (Å²) in [6, 6.07) is 17.5. The van der Waals surface area contributed by atoms with E-state index in [1.54, 1.807) is 6.07 Å². The van der Waals surface area contributed by atoms with Crippen LogP contribution in [0.1, 0.15) is 31.2 Å². The van der Waals surface area contributed by atoms with Crippen molar-refractivity contribution in [2.45, 2.75) is 25.7 Å². The van der Waals surface area contributed by atoms with Crippen LogP contribution in [-0.4, -0.2) is 61.5 Å². The molecule has 4 rings (SSSR count). The summed E-state index contributed by atoms with van der Waals surface area (Å²) in [5.41, 5.74) is 2.02. The van der Waals surface area contributed by atoms with Crippen molar-refractivity contribution in [3.8, 4) is 0 Å². The van der Waals surface area contributed by atoms with Gasteiger partial charge < -0.3 is 14.7 Å². The molecule has 0 N–H and O–H groups in total. The molecule has 0 aliphatic carbocycles. The number of piperazine rings is 1. The Morgan fingerprint density at radius 2 is 1.57 bits per heavy atom. The zero-order valence-corrected chi connectivity index (χ0v) is 17.8. The minimum absolute atomic E-state index is 0.133. The van der Waals surface area contributed by atoms with Gasteiger partial charge in [0.25, 0.3) is 0 Å². The lowest BCUT2D eigenvalue weighted by Crippen LogP contribution is -2.52. The summed E-state index contributed by atoms with van der Waals surface area (Å²) in [5.74, 6) is 0.742. The Bertz CT molecular complexity index is 827. The Morgan fingerprint density at radius 3 is 2.23 bits per heavy atom. The Morgan fingerprint density at radius 1 is 0.933 bits per heavy atom. The summed E-state index contributed by atoms with van der Waals surface area (Å²) in [6.45, 7) is 8.05. The molecule has 1 unspecified atom stereocenters. The highest BCUT2D eigenvalue weighted by molar-refractivity contribution is 5.79. The molecule has 2 aromatic carbocycles. The minimum Gasteiger partial charge on any atom is -0.366 e. The number of amides is 1. The van der Waals surface area contributed by atoms with E-state index in [-0.39, 0.29) is 11.7 Å². The molecule has 2 aromatic rings. The van der Waals surface area contributed by atoms with Crippen LogP contribution in [0.2, 0.25) is 0 Å². The van der Waals surface area contributed by atoms with Crippen molar-refractivity contribution in [2.75, 3.05) is 50.7 Å². The third-order valence-corrected chi connectivity index (χ3v) is 6.62. The Hall–Kier alpha value is -2.40. The third kappa shape index (κ3) is 4.84. The van der Waals surface area contributed by atoms with Gasteiger partial charge in [-0.25, -0.2) is 4.39 Å². The largest absolute Gasteiger partial charge is 0.366 e. The van der Waals surface area contributed by atoms with E-state index in [1.165, 1.54) is 11.6 Å². The number of rotatable bonds is 5. The van der Waals surface area contributed by atoms with Gasteiger partial charge in [0.1, 0.15) is 5.82 Å². The normalized spacial score (nSPS) is 19.7. The van der Waals surface area contributed by atoms with E-state index in [0.717, 1.165) is 32.5 Å². The highest BCUT2D eigenvalue weighted by Crippen LogP contribution is 2.25. The van der Waals surface area contributed by atoms with Crippen molar-refractivity contribution < 1.29 is 9.18 Å². The Kier molecular flexibility index (Phi) is 6.68. The van der Waals surface area contributed by atoms with Gasteiger partial charge in [-0.05, 0) is 49.5 Å². The lowest BCUT2D eigenvalue weighted by molar-refractivity contribution is -0.137. The van der Waals surface area contributed by atoms with Gasteiger partial charge in [-0.1, -0.05) is 49.4 Å². The van der Waals surface area contributed by atoms with Crippen molar-refractivity contribution in [3.05, 3.63) is 66.0 Å². The zero-order chi connectivity index (χ0) is 20.9. The quantitative estimate of drug-likeness (QED) is 0.747. The molecular formula is C25H32FN3O. The summed E-state index contributed by atoms with van der Waals surface area (Å²) in [5, 5.41) is 0. The van der Waals surface area contributed by atoms with E-state index in [1.807, 2.05) is 21.9 Å². The van der Waals surface area contributed by atoms with Crippen LogP contribution in [0.4, 0.5) is 10.1 Å². The van der Waals surface area contributed by atoms with Gasteiger partial charge in [0.15, 0.2) is 0 Å². The molecule has 0 spiro atoms. The summed E-state index contributed by atoms with van der Waals surface area (Å²) in [7, 11) is 0. The van der Waals surface area contributed by atoms with Crippen molar-refractivity contribution in [3.63, 3.8) is 0 Å². The molecular weight excluding hydrogens is 377 g/mol. The van der Waals surface area contributed by atoms with E-state index in [0.29, 0.717) is 43.7 Å². The van der Waals surface area contributed by atoms with Crippen molar-refractivity contribution in [1.29, 1.82) is 0 Å². The second-order valence-corrected chi connectivity index (χ2v) is 8.65. The molecule has 0 radical (unpaired) electrons. The fourth-order valence-corrected chi connectivity index (χ4v) is 4.77. The van der Waals surface area contributed by atoms with Gasteiger partial charge in [-0.15, -0.1) is 0 Å². The van der Waals surface area contributed by atoms with Crippen LogP contribution >= 0.6 is 0 Å². The Labute approximate surface area is 179 Å². The highest BCUT2D eigenvalue weighted by Gasteiger charge is 2.31. The number of benzene rings is 2. The van der Waals surface area contributed by atoms with E-state index in [9.17, 15) is 9.18 Å². The lowest BCUT2D eigenvalue weighted by Gasteiger charge is -2.39. The average Bonchev–Trinajstić information content (AvgIpc) is 2.80. The number of carbonyl (C=O) groups is 1. The number of piperidine rings is 1. The molecule has 2 saturated heterocycles. The van der Waals surface area contributed by atoms with E-state index in [4.69, 9.17) is 0 Å². The number of hydrogen-bond acceptors (Lipinski definition) is 3. The summed E-state index contributed by atoms with van der Waals surface area (Å²) in [4.78, 5) is 19.6. The molecule has 0 saturated carbocycles. The molecule has 160 valence electrons. The molecule has 2 aliphatic rings. The van der Waals surface area contributed by atoms with Crippen LogP contribution in [0.15, 0.2) is 54.6 Å². The molecule has 0 aromatic heterocycles. The molecule has 2 aliphatic heterocycles. The van der Waals surface area contributed by atoms with Gasteiger partial charge in [0.05, 0.1) is 5.69 Å². The maximum absolute atomic E-state index is 14.0. The smallest absolute Gasteiger partial charge is 0.225 e. The van der Waals surface area contributed by atoms with E-state index < -0.39 is 0 Å². The second kappa shape index (κ2) is 9.61. The summed E-state index contributed by atoms with van der Waals surface area (Å²) >= 11 is 0. The summed E-state index contributed by atoms with van der Waals surface area (Å²) < 4.78 is 14.0. The number of para-hydroxylation sites is 1. The van der Waals surface area contributed by atoms with Gasteiger partial charge in [0, 0.05) is 38.6 Å². The first-order valence-electron chi connectivity index (χ1n) is 11.2. The van der Waals surface area contributed by atoms with Crippen LogP contribution < -0.4 is 4.90 Å².